The molecule has 0 unspecified atom stereocenters. The molecule has 0 bridgehead atoms. The molecule has 12 aromatic rings. The number of aryl methyl sites for hydroxylation is 2. The summed E-state index contributed by atoms with van der Waals surface area (Å²) in [5, 5.41) is 11.6. The monoisotopic (exact) mass is 1390 g/mol. The van der Waals surface area contributed by atoms with Gasteiger partial charge in [-0.1, -0.05) is 98.3 Å². The Balaban J connectivity index is 0.000000176. The van der Waals surface area contributed by atoms with Crippen molar-refractivity contribution in [3.8, 4) is 24.7 Å². The van der Waals surface area contributed by atoms with Crippen molar-refractivity contribution in [1.82, 2.24) is 19.9 Å². The molecule has 105 heavy (non-hydrogen) atoms. The summed E-state index contributed by atoms with van der Waals surface area (Å²) in [5.74, 6) is 3.82. The molecule has 0 aliphatic carbocycles. The fraction of sp³-hybridized carbons (Fsp3) is 0.136. The first kappa shape index (κ1) is 77.2. The number of pyridine rings is 4. The SMILES string of the molecule is C.C#Cc1cccc(C(=O)Nc2cc(F)cc(N(C)c3cccnc3)c2)c1.C#Cc1cccc(C(=O)Nc2cccc(N(CC)c3cccnc3)c2)c1.CCCCN(c1cccnc1)c1cccc(NC(=O)c2cccc(C)c2)c1.CCN(c1cccnc1)c1cccc(NC(=O)c2cccc(C)c2)c1. The van der Waals surface area contributed by atoms with Gasteiger partial charge in [-0.15, -0.1) is 12.8 Å². The standard InChI is InChI=1S/C23H25N3O.C22H19N3O.C21H16FN3O.C21H21N3O.CH4/c1-3-4-14-26(22-12-7-13-24-17-22)21-11-6-10-20(16-21)25-23(27)19-9-5-8-18(2)15-19;1-3-17-8-5-9-18(14-17)22(26)24-19-10-6-11-20(15-19)25(4-2)21-12-7-13-23-16-21;1-3-15-6-4-7-16(10-15)21(26)24-18-11-17(22)12-20(13-18)25(2)19-8-5-9-23-14-19;1-3-24(20-11-6-12-22-15-20)19-10-5-9-18(14-19)23-21(25)17-8-4-7-16(2)13-17;/h5-13,15-17H,3-4,14H2,1-2H3,(H,25,27);1,5-16H,4H2,2H3,(H,24,26);1,4-14H,2H3,(H,24,26);4-15H,3H2,1-2H3,(H,23,25);1H4. The predicted octanol–water partition coefficient (Wildman–Crippen LogP) is 19.7. The highest BCUT2D eigenvalue weighted by atomic mass is 19.1. The van der Waals surface area contributed by atoms with Crippen molar-refractivity contribution in [1.29, 1.82) is 0 Å². The Morgan fingerprint density at radius 1 is 0.381 bits per heavy atom. The van der Waals surface area contributed by atoms with Crippen LogP contribution in [0.5, 0.6) is 0 Å². The number of hydrogen-bond acceptors (Lipinski definition) is 12. The van der Waals surface area contributed by atoms with Gasteiger partial charge >= 0.3 is 0 Å². The second kappa shape index (κ2) is 39.5. The number of anilines is 12. The molecular formula is C88H85FN12O4. The molecular weight excluding hydrogens is 1310 g/mol. The smallest absolute Gasteiger partial charge is 0.255 e. The van der Waals surface area contributed by atoms with Crippen molar-refractivity contribution in [2.45, 2.75) is 54.9 Å². The quantitative estimate of drug-likeness (QED) is 0.0501. The fourth-order valence-corrected chi connectivity index (χ4v) is 11.0. The Kier molecular flexibility index (Phi) is 29.0. The lowest BCUT2D eigenvalue weighted by Gasteiger charge is -2.25. The first-order valence-corrected chi connectivity index (χ1v) is 33.9. The first-order chi connectivity index (χ1) is 50.6. The first-order valence-electron chi connectivity index (χ1n) is 33.9. The second-order valence-electron chi connectivity index (χ2n) is 23.8. The number of nitrogens with zero attached hydrogens (tertiary/aromatic N) is 8. The number of aromatic nitrogens is 4. The van der Waals surface area contributed by atoms with E-state index in [1.165, 1.54) is 12.1 Å². The van der Waals surface area contributed by atoms with E-state index >= 15 is 0 Å². The molecule has 0 radical (unpaired) electrons. The maximum absolute atomic E-state index is 14.1. The minimum absolute atomic E-state index is 0. The van der Waals surface area contributed by atoms with Crippen LogP contribution in [-0.2, 0) is 0 Å². The minimum Gasteiger partial charge on any atom is -0.343 e. The average molecular weight is 1390 g/mol. The zero-order valence-electron chi connectivity index (χ0n) is 58.9. The third kappa shape index (κ3) is 22.7. The van der Waals surface area contributed by atoms with Gasteiger partial charge in [0.2, 0.25) is 0 Å². The molecule has 16 nitrogen and oxygen atoms in total. The Labute approximate surface area is 615 Å². The molecule has 528 valence electrons. The highest BCUT2D eigenvalue weighted by Gasteiger charge is 2.17. The number of carbonyl (C=O) groups excluding carboxylic acids is 4. The molecule has 8 aromatic carbocycles. The van der Waals surface area contributed by atoms with Crippen LogP contribution in [0.25, 0.3) is 0 Å². The summed E-state index contributed by atoms with van der Waals surface area (Å²) in [6, 6.07) is 72.3. The van der Waals surface area contributed by atoms with Crippen LogP contribution in [0.1, 0.15) is 105 Å². The van der Waals surface area contributed by atoms with E-state index < -0.39 is 5.82 Å². The summed E-state index contributed by atoms with van der Waals surface area (Å²) in [4.78, 5) is 74.9. The van der Waals surface area contributed by atoms with Gasteiger partial charge in [0.25, 0.3) is 23.6 Å². The molecule has 0 saturated heterocycles. The van der Waals surface area contributed by atoms with Crippen LogP contribution in [0.2, 0.25) is 0 Å². The third-order valence-electron chi connectivity index (χ3n) is 16.2. The number of hydrogen-bond donors (Lipinski definition) is 4. The van der Waals surface area contributed by atoms with Gasteiger partial charge in [-0.25, -0.2) is 4.39 Å². The van der Waals surface area contributed by atoms with E-state index in [1.54, 1.807) is 104 Å². The van der Waals surface area contributed by atoms with Crippen molar-refractivity contribution in [2.24, 2.45) is 0 Å². The molecule has 0 saturated carbocycles. The molecule has 4 N–H and O–H groups in total. The van der Waals surface area contributed by atoms with E-state index in [0.29, 0.717) is 44.8 Å². The van der Waals surface area contributed by atoms with Crippen LogP contribution in [0.4, 0.5) is 72.6 Å². The number of carbonyl (C=O) groups is 4. The maximum atomic E-state index is 14.1. The van der Waals surface area contributed by atoms with Gasteiger partial charge in [-0.05, 0) is 216 Å². The zero-order chi connectivity index (χ0) is 73.6. The van der Waals surface area contributed by atoms with E-state index in [4.69, 9.17) is 12.8 Å². The van der Waals surface area contributed by atoms with Gasteiger partial charge in [0.05, 0.1) is 47.5 Å². The van der Waals surface area contributed by atoms with Crippen molar-refractivity contribution < 1.29 is 23.6 Å². The van der Waals surface area contributed by atoms with E-state index in [0.717, 1.165) is 100 Å². The van der Waals surface area contributed by atoms with Crippen molar-refractivity contribution >= 4 is 91.9 Å². The summed E-state index contributed by atoms with van der Waals surface area (Å²) in [7, 11) is 1.80. The maximum Gasteiger partial charge on any atom is 0.255 e. The highest BCUT2D eigenvalue weighted by Crippen LogP contribution is 2.32. The molecule has 0 fully saturated rings. The van der Waals surface area contributed by atoms with E-state index in [2.05, 4.69) is 101 Å². The largest absolute Gasteiger partial charge is 0.343 e. The van der Waals surface area contributed by atoms with E-state index in [-0.39, 0.29) is 31.1 Å². The van der Waals surface area contributed by atoms with Gasteiger partial charge in [0.15, 0.2) is 0 Å². The Morgan fingerprint density at radius 2 is 0.714 bits per heavy atom. The number of terminal acetylenes is 2. The van der Waals surface area contributed by atoms with Gasteiger partial charge in [0, 0.05) is 130 Å². The van der Waals surface area contributed by atoms with Gasteiger partial charge in [-0.3, -0.25) is 39.1 Å². The molecule has 0 atom stereocenters. The average Bonchev–Trinajstić information content (AvgIpc) is 0.844. The molecule has 4 heterocycles. The van der Waals surface area contributed by atoms with Crippen molar-refractivity contribution in [3.05, 3.63) is 336 Å². The molecule has 4 aromatic heterocycles. The molecule has 0 aliphatic rings. The van der Waals surface area contributed by atoms with Crippen LogP contribution in [0.3, 0.4) is 0 Å². The number of halogens is 1. The molecule has 0 spiro atoms. The summed E-state index contributed by atoms with van der Waals surface area (Å²) in [5.41, 5.74) is 15.8. The molecule has 12 rings (SSSR count). The van der Waals surface area contributed by atoms with E-state index in [9.17, 15) is 23.6 Å². The second-order valence-corrected chi connectivity index (χ2v) is 23.8. The summed E-state index contributed by atoms with van der Waals surface area (Å²) in [6.45, 7) is 12.8. The third-order valence-corrected chi connectivity index (χ3v) is 16.2. The minimum atomic E-state index is -0.453. The lowest BCUT2D eigenvalue weighted by atomic mass is 10.1. The number of benzene rings is 8. The Bertz CT molecular complexity index is 4920. The Hall–Kier alpha value is -13.5. The topological polar surface area (TPSA) is 181 Å². The number of nitrogens with one attached hydrogen (secondary N) is 4. The van der Waals surface area contributed by atoms with Crippen molar-refractivity contribution in [2.75, 3.05) is 67.5 Å². The summed E-state index contributed by atoms with van der Waals surface area (Å²) >= 11 is 0. The van der Waals surface area contributed by atoms with Crippen LogP contribution in [0.15, 0.2) is 286 Å². The molecule has 17 heteroatoms. The summed E-state index contributed by atoms with van der Waals surface area (Å²) < 4.78 is 14.1. The predicted molar refractivity (Wildman–Crippen MR) is 428 cm³/mol. The van der Waals surface area contributed by atoms with Crippen molar-refractivity contribution in [3.63, 3.8) is 0 Å². The normalized spacial score (nSPS) is 10.1. The van der Waals surface area contributed by atoms with Crippen LogP contribution >= 0.6 is 0 Å². The molecule has 0 aliphatic heterocycles. The van der Waals surface area contributed by atoms with E-state index in [1.807, 2.05) is 184 Å². The Morgan fingerprint density at radius 3 is 1.08 bits per heavy atom. The van der Waals surface area contributed by atoms with Gasteiger partial charge in [-0.2, -0.15) is 0 Å². The van der Waals surface area contributed by atoms with Crippen LogP contribution in [-0.4, -0.2) is 70.2 Å². The van der Waals surface area contributed by atoms with Gasteiger partial charge in [0.1, 0.15) is 5.82 Å². The number of unbranched alkanes of at least 4 members (excludes halogenated alkanes) is 1. The molecule has 4 amide bonds. The zero-order valence-corrected chi connectivity index (χ0v) is 58.9. The van der Waals surface area contributed by atoms with Gasteiger partial charge < -0.3 is 40.9 Å². The highest BCUT2D eigenvalue weighted by molar-refractivity contribution is 6.07. The van der Waals surface area contributed by atoms with Crippen LogP contribution in [0, 0.1) is 44.4 Å². The fourth-order valence-electron chi connectivity index (χ4n) is 11.0. The summed E-state index contributed by atoms with van der Waals surface area (Å²) in [6.07, 6.45) is 27.1. The van der Waals surface area contributed by atoms with Crippen LogP contribution < -0.4 is 40.9 Å². The lowest BCUT2D eigenvalue weighted by molar-refractivity contribution is 0.101. The number of amides is 4. The lowest BCUT2D eigenvalue weighted by Crippen LogP contribution is -2.19. The number of rotatable bonds is 21.